The fourth-order valence-corrected chi connectivity index (χ4v) is 2.48. The summed E-state index contributed by atoms with van der Waals surface area (Å²) in [6.07, 6.45) is 13.3. The van der Waals surface area contributed by atoms with Crippen LogP contribution < -0.4 is 0 Å². The van der Waals surface area contributed by atoms with Crippen molar-refractivity contribution in [3.05, 3.63) is 0 Å². The smallest absolute Gasteiger partial charge is 0.303 e. The monoisotopic (exact) mass is 330 g/mol. The lowest BCUT2D eigenvalue weighted by molar-refractivity contribution is -0.138. The van der Waals surface area contributed by atoms with E-state index in [0.717, 1.165) is 77.4 Å². The van der Waals surface area contributed by atoms with Gasteiger partial charge in [0.25, 0.3) is 0 Å². The Kier molecular flexibility index (Phi) is 16.4. The van der Waals surface area contributed by atoms with Gasteiger partial charge in [-0.15, -0.1) is 0 Å². The Balaban J connectivity index is 3.00. The van der Waals surface area contributed by atoms with E-state index in [0.29, 0.717) is 12.8 Å². The van der Waals surface area contributed by atoms with Crippen LogP contribution in [0.4, 0.5) is 0 Å². The predicted octanol–water partition coefficient (Wildman–Crippen LogP) is 4.63. The Bertz CT molecular complexity index is 263. The van der Waals surface area contributed by atoms with E-state index < -0.39 is 11.9 Å². The van der Waals surface area contributed by atoms with Crippen molar-refractivity contribution in [1.29, 1.82) is 0 Å². The standard InChI is InChI=1S/C18H34O5/c19-17(20)13-9-5-1-3-7-11-15-23-16-12-8-4-2-6-10-14-18(21)22/h1-16H2,(H,19,20)(H,21,22). The molecule has 5 nitrogen and oxygen atoms in total. The quantitative estimate of drug-likeness (QED) is 0.358. The molecule has 0 aromatic heterocycles. The van der Waals surface area contributed by atoms with Gasteiger partial charge in [0.1, 0.15) is 0 Å². The predicted molar refractivity (Wildman–Crippen MR) is 90.7 cm³/mol. The molecule has 0 rings (SSSR count). The minimum absolute atomic E-state index is 0.294. The molecule has 0 heterocycles. The summed E-state index contributed by atoms with van der Waals surface area (Å²) in [5.41, 5.74) is 0. The number of carboxylic acid groups (broad SMARTS) is 2. The lowest BCUT2D eigenvalue weighted by atomic mass is 10.1. The average Bonchev–Trinajstić information content (AvgIpc) is 2.49. The van der Waals surface area contributed by atoms with Crippen LogP contribution in [0.1, 0.15) is 89.9 Å². The summed E-state index contributed by atoms with van der Waals surface area (Å²) in [7, 11) is 0. The zero-order valence-electron chi connectivity index (χ0n) is 14.4. The molecule has 0 unspecified atom stereocenters. The van der Waals surface area contributed by atoms with Crippen molar-refractivity contribution in [3.8, 4) is 0 Å². The van der Waals surface area contributed by atoms with Crippen LogP contribution >= 0.6 is 0 Å². The first kappa shape index (κ1) is 21.9. The summed E-state index contributed by atoms with van der Waals surface area (Å²) < 4.78 is 5.60. The first-order valence-corrected chi connectivity index (χ1v) is 9.14. The average molecular weight is 330 g/mol. The number of hydrogen-bond donors (Lipinski definition) is 2. The van der Waals surface area contributed by atoms with E-state index in [4.69, 9.17) is 14.9 Å². The summed E-state index contributed by atoms with van der Waals surface area (Å²) in [6, 6.07) is 0. The maximum absolute atomic E-state index is 10.3. The summed E-state index contributed by atoms with van der Waals surface area (Å²) in [4.78, 5) is 20.7. The highest BCUT2D eigenvalue weighted by Gasteiger charge is 1.98. The molecule has 0 saturated heterocycles. The lowest BCUT2D eigenvalue weighted by Crippen LogP contribution is -1.97. The third kappa shape index (κ3) is 20.9. The second-order valence-electron chi connectivity index (χ2n) is 6.14. The number of unbranched alkanes of at least 4 members (excludes halogenated alkanes) is 10. The first-order chi connectivity index (χ1) is 11.1. The SMILES string of the molecule is O=C(O)CCCCCCCCOCCCCCCCCC(=O)O. The van der Waals surface area contributed by atoms with Crippen LogP contribution in [-0.4, -0.2) is 35.4 Å². The minimum atomic E-state index is -0.696. The molecular formula is C18H34O5. The number of aliphatic carboxylic acids is 2. The van der Waals surface area contributed by atoms with Crippen LogP contribution in [0.3, 0.4) is 0 Å². The van der Waals surface area contributed by atoms with Gasteiger partial charge in [-0.25, -0.2) is 0 Å². The molecule has 0 aromatic rings. The summed E-state index contributed by atoms with van der Waals surface area (Å²) in [5.74, 6) is -1.39. The third-order valence-corrected chi connectivity index (χ3v) is 3.86. The Labute approximate surface area is 140 Å². The number of carbonyl (C=O) groups is 2. The highest BCUT2D eigenvalue weighted by atomic mass is 16.5. The number of carboxylic acids is 2. The van der Waals surface area contributed by atoms with Gasteiger partial charge in [0, 0.05) is 26.1 Å². The molecule has 0 aliphatic carbocycles. The molecule has 2 N–H and O–H groups in total. The van der Waals surface area contributed by atoms with E-state index in [1.807, 2.05) is 0 Å². The van der Waals surface area contributed by atoms with E-state index in [9.17, 15) is 9.59 Å². The molecule has 0 spiro atoms. The fourth-order valence-electron chi connectivity index (χ4n) is 2.48. The van der Waals surface area contributed by atoms with Crippen molar-refractivity contribution in [1.82, 2.24) is 0 Å². The van der Waals surface area contributed by atoms with Crippen molar-refractivity contribution in [2.45, 2.75) is 89.9 Å². The van der Waals surface area contributed by atoms with Gasteiger partial charge < -0.3 is 14.9 Å². The van der Waals surface area contributed by atoms with Crippen LogP contribution in [0.2, 0.25) is 0 Å². The maximum Gasteiger partial charge on any atom is 0.303 e. The molecule has 0 atom stereocenters. The maximum atomic E-state index is 10.3. The van der Waals surface area contributed by atoms with E-state index in [1.165, 1.54) is 12.8 Å². The van der Waals surface area contributed by atoms with E-state index in [1.54, 1.807) is 0 Å². The molecule has 23 heavy (non-hydrogen) atoms. The Morgan fingerprint density at radius 3 is 1.17 bits per heavy atom. The molecule has 0 aliphatic heterocycles. The van der Waals surface area contributed by atoms with Gasteiger partial charge >= 0.3 is 11.9 Å². The Hall–Kier alpha value is -1.10. The summed E-state index contributed by atoms with van der Waals surface area (Å²) >= 11 is 0. The largest absolute Gasteiger partial charge is 0.481 e. The van der Waals surface area contributed by atoms with E-state index in [2.05, 4.69) is 0 Å². The normalized spacial score (nSPS) is 10.8. The second kappa shape index (κ2) is 17.3. The van der Waals surface area contributed by atoms with Gasteiger partial charge in [-0.05, 0) is 25.7 Å². The molecule has 0 radical (unpaired) electrons. The van der Waals surface area contributed by atoms with Crippen LogP contribution in [-0.2, 0) is 14.3 Å². The van der Waals surface area contributed by atoms with Crippen LogP contribution in [0.5, 0.6) is 0 Å². The molecular weight excluding hydrogens is 296 g/mol. The Morgan fingerprint density at radius 2 is 0.826 bits per heavy atom. The van der Waals surface area contributed by atoms with Gasteiger partial charge in [0.15, 0.2) is 0 Å². The zero-order chi connectivity index (χ0) is 17.2. The molecule has 0 aromatic carbocycles. The Morgan fingerprint density at radius 1 is 0.522 bits per heavy atom. The van der Waals surface area contributed by atoms with Crippen LogP contribution in [0.15, 0.2) is 0 Å². The van der Waals surface area contributed by atoms with Crippen molar-refractivity contribution < 1.29 is 24.5 Å². The molecule has 0 bridgehead atoms. The van der Waals surface area contributed by atoms with E-state index in [-0.39, 0.29) is 0 Å². The van der Waals surface area contributed by atoms with Crippen LogP contribution in [0.25, 0.3) is 0 Å². The lowest BCUT2D eigenvalue weighted by Gasteiger charge is -2.05. The van der Waals surface area contributed by atoms with Gasteiger partial charge in [-0.1, -0.05) is 51.4 Å². The first-order valence-electron chi connectivity index (χ1n) is 9.14. The minimum Gasteiger partial charge on any atom is -0.481 e. The van der Waals surface area contributed by atoms with Crippen molar-refractivity contribution in [2.75, 3.05) is 13.2 Å². The van der Waals surface area contributed by atoms with Gasteiger partial charge in [-0.2, -0.15) is 0 Å². The molecule has 136 valence electrons. The second-order valence-corrected chi connectivity index (χ2v) is 6.14. The zero-order valence-corrected chi connectivity index (χ0v) is 14.4. The summed E-state index contributed by atoms with van der Waals surface area (Å²) in [6.45, 7) is 1.65. The highest BCUT2D eigenvalue weighted by Crippen LogP contribution is 2.09. The van der Waals surface area contributed by atoms with E-state index >= 15 is 0 Å². The third-order valence-electron chi connectivity index (χ3n) is 3.86. The fraction of sp³-hybridized carbons (Fsp3) is 0.889. The van der Waals surface area contributed by atoms with Crippen molar-refractivity contribution in [3.63, 3.8) is 0 Å². The highest BCUT2D eigenvalue weighted by molar-refractivity contribution is 5.66. The van der Waals surface area contributed by atoms with Crippen molar-refractivity contribution >= 4 is 11.9 Å². The molecule has 0 amide bonds. The molecule has 0 aliphatic rings. The molecule has 0 fully saturated rings. The van der Waals surface area contributed by atoms with Gasteiger partial charge in [0.05, 0.1) is 0 Å². The van der Waals surface area contributed by atoms with Gasteiger partial charge in [-0.3, -0.25) is 9.59 Å². The number of hydrogen-bond acceptors (Lipinski definition) is 3. The van der Waals surface area contributed by atoms with Crippen LogP contribution in [0, 0.1) is 0 Å². The number of rotatable bonds is 18. The molecule has 5 heteroatoms. The van der Waals surface area contributed by atoms with Gasteiger partial charge in [0.2, 0.25) is 0 Å². The number of ether oxygens (including phenoxy) is 1. The topological polar surface area (TPSA) is 83.8 Å². The van der Waals surface area contributed by atoms with Crippen molar-refractivity contribution in [2.24, 2.45) is 0 Å². The molecule has 0 saturated carbocycles. The summed E-state index contributed by atoms with van der Waals surface area (Å²) in [5, 5.41) is 17.0.